The highest BCUT2D eigenvalue weighted by Gasteiger charge is 2.32. The van der Waals surface area contributed by atoms with E-state index in [1.165, 1.54) is 19.5 Å². The second kappa shape index (κ2) is 6.36. The molecule has 3 nitrogen and oxygen atoms in total. The lowest BCUT2D eigenvalue weighted by atomic mass is 9.80. The summed E-state index contributed by atoms with van der Waals surface area (Å²) in [5.41, 5.74) is 0.311. The fourth-order valence-electron chi connectivity index (χ4n) is 2.80. The van der Waals surface area contributed by atoms with Gasteiger partial charge in [-0.05, 0) is 50.7 Å². The van der Waals surface area contributed by atoms with Crippen LogP contribution in [0.4, 0.5) is 0 Å². The van der Waals surface area contributed by atoms with E-state index in [1.54, 1.807) is 0 Å². The van der Waals surface area contributed by atoms with Gasteiger partial charge in [0, 0.05) is 12.1 Å². The topological polar surface area (TPSA) is 35.5 Å². The minimum absolute atomic E-state index is 0.116. The first-order valence-corrected chi connectivity index (χ1v) is 7.39. The van der Waals surface area contributed by atoms with Crippen LogP contribution in [0.5, 0.6) is 0 Å². The Bertz CT molecular complexity index is 249. The molecular formula is C15H32N2O. The SMILES string of the molecule is CCNC(C)(CO)CCN1CCC(C(C)(C)C)C1. The molecule has 0 aromatic rings. The third-order valence-electron chi connectivity index (χ3n) is 4.43. The maximum absolute atomic E-state index is 9.49. The maximum Gasteiger partial charge on any atom is 0.0611 e. The third-order valence-corrected chi connectivity index (χ3v) is 4.43. The van der Waals surface area contributed by atoms with E-state index in [-0.39, 0.29) is 12.1 Å². The van der Waals surface area contributed by atoms with E-state index in [0.717, 1.165) is 25.4 Å². The summed E-state index contributed by atoms with van der Waals surface area (Å²) in [4.78, 5) is 2.56. The van der Waals surface area contributed by atoms with Crippen molar-refractivity contribution in [1.82, 2.24) is 10.2 Å². The van der Waals surface area contributed by atoms with Crippen molar-refractivity contribution in [1.29, 1.82) is 0 Å². The van der Waals surface area contributed by atoms with Gasteiger partial charge in [-0.1, -0.05) is 27.7 Å². The van der Waals surface area contributed by atoms with E-state index in [4.69, 9.17) is 0 Å². The van der Waals surface area contributed by atoms with Crippen LogP contribution >= 0.6 is 0 Å². The van der Waals surface area contributed by atoms with Crippen LogP contribution in [-0.2, 0) is 0 Å². The zero-order valence-corrected chi connectivity index (χ0v) is 12.9. The number of nitrogens with one attached hydrogen (secondary N) is 1. The fraction of sp³-hybridized carbons (Fsp3) is 1.00. The highest BCUT2D eigenvalue weighted by atomic mass is 16.3. The van der Waals surface area contributed by atoms with Gasteiger partial charge in [-0.2, -0.15) is 0 Å². The molecule has 0 saturated carbocycles. The van der Waals surface area contributed by atoms with E-state index < -0.39 is 0 Å². The molecule has 1 aliphatic rings. The molecule has 0 aromatic heterocycles. The molecular weight excluding hydrogens is 224 g/mol. The Labute approximate surface area is 113 Å². The first kappa shape index (κ1) is 15.9. The van der Waals surface area contributed by atoms with Crippen molar-refractivity contribution in [2.24, 2.45) is 11.3 Å². The highest BCUT2D eigenvalue weighted by Crippen LogP contribution is 2.33. The third kappa shape index (κ3) is 4.52. The molecule has 0 aliphatic carbocycles. The molecule has 2 unspecified atom stereocenters. The molecule has 0 bridgehead atoms. The molecule has 1 saturated heterocycles. The second-order valence-corrected chi connectivity index (χ2v) is 7.15. The van der Waals surface area contributed by atoms with Gasteiger partial charge in [0.2, 0.25) is 0 Å². The summed E-state index contributed by atoms with van der Waals surface area (Å²) in [7, 11) is 0. The van der Waals surface area contributed by atoms with Crippen molar-refractivity contribution < 1.29 is 5.11 Å². The van der Waals surface area contributed by atoms with Gasteiger partial charge in [0.25, 0.3) is 0 Å². The molecule has 18 heavy (non-hydrogen) atoms. The summed E-state index contributed by atoms with van der Waals surface area (Å²) >= 11 is 0. The molecule has 1 rings (SSSR count). The van der Waals surface area contributed by atoms with Gasteiger partial charge in [-0.25, -0.2) is 0 Å². The fourth-order valence-corrected chi connectivity index (χ4v) is 2.80. The molecule has 1 fully saturated rings. The Balaban J connectivity index is 2.37. The Morgan fingerprint density at radius 1 is 1.28 bits per heavy atom. The largest absolute Gasteiger partial charge is 0.394 e. The van der Waals surface area contributed by atoms with Crippen molar-refractivity contribution in [2.75, 3.05) is 32.8 Å². The quantitative estimate of drug-likeness (QED) is 0.764. The molecule has 2 N–H and O–H groups in total. The minimum atomic E-state index is -0.116. The molecule has 2 atom stereocenters. The monoisotopic (exact) mass is 256 g/mol. The zero-order valence-electron chi connectivity index (χ0n) is 12.9. The van der Waals surface area contributed by atoms with Crippen LogP contribution in [0, 0.1) is 11.3 Å². The Hall–Kier alpha value is -0.120. The Kier molecular flexibility index (Phi) is 5.63. The molecule has 0 radical (unpaired) electrons. The zero-order chi connectivity index (χ0) is 13.8. The van der Waals surface area contributed by atoms with Crippen LogP contribution in [0.1, 0.15) is 47.5 Å². The summed E-state index contributed by atoms with van der Waals surface area (Å²) in [6.07, 6.45) is 2.34. The number of likely N-dealkylation sites (tertiary alicyclic amines) is 1. The molecule has 1 aliphatic heterocycles. The van der Waals surface area contributed by atoms with Crippen LogP contribution in [0.3, 0.4) is 0 Å². The molecule has 3 heteroatoms. The standard InChI is InChI=1S/C15H32N2O/c1-6-16-15(5,12-18)8-10-17-9-7-13(11-17)14(2,3)4/h13,16,18H,6-12H2,1-5H3. The number of likely N-dealkylation sites (N-methyl/N-ethyl adjacent to an activating group) is 1. The predicted octanol–water partition coefficient (Wildman–Crippen LogP) is 2.10. The van der Waals surface area contributed by atoms with E-state index in [1.807, 2.05) is 0 Å². The van der Waals surface area contributed by atoms with E-state index in [2.05, 4.69) is 44.8 Å². The van der Waals surface area contributed by atoms with Crippen LogP contribution in [0.15, 0.2) is 0 Å². The van der Waals surface area contributed by atoms with Gasteiger partial charge in [-0.15, -0.1) is 0 Å². The lowest BCUT2D eigenvalue weighted by Gasteiger charge is -2.31. The summed E-state index contributed by atoms with van der Waals surface area (Å²) < 4.78 is 0. The van der Waals surface area contributed by atoms with Gasteiger partial charge in [0.05, 0.1) is 6.61 Å². The molecule has 1 heterocycles. The van der Waals surface area contributed by atoms with Gasteiger partial charge < -0.3 is 15.3 Å². The number of nitrogens with zero attached hydrogens (tertiary/aromatic N) is 1. The van der Waals surface area contributed by atoms with Crippen molar-refractivity contribution in [3.05, 3.63) is 0 Å². The molecule has 0 aromatic carbocycles. The minimum Gasteiger partial charge on any atom is -0.394 e. The summed E-state index contributed by atoms with van der Waals surface area (Å²) in [5.74, 6) is 0.817. The van der Waals surface area contributed by atoms with Crippen molar-refractivity contribution in [3.63, 3.8) is 0 Å². The van der Waals surface area contributed by atoms with Gasteiger partial charge >= 0.3 is 0 Å². The van der Waals surface area contributed by atoms with E-state index >= 15 is 0 Å². The Morgan fingerprint density at radius 3 is 2.39 bits per heavy atom. The first-order valence-electron chi connectivity index (χ1n) is 7.39. The average Bonchev–Trinajstić information content (AvgIpc) is 2.75. The van der Waals surface area contributed by atoms with E-state index in [9.17, 15) is 5.11 Å². The van der Waals surface area contributed by atoms with E-state index in [0.29, 0.717) is 5.41 Å². The number of rotatable bonds is 6. The van der Waals surface area contributed by atoms with Crippen molar-refractivity contribution in [2.45, 2.75) is 53.0 Å². The second-order valence-electron chi connectivity index (χ2n) is 7.15. The predicted molar refractivity (Wildman–Crippen MR) is 77.8 cm³/mol. The Morgan fingerprint density at radius 2 is 1.94 bits per heavy atom. The molecule has 0 spiro atoms. The first-order chi connectivity index (χ1) is 8.30. The molecule has 108 valence electrons. The lowest BCUT2D eigenvalue weighted by molar-refractivity contribution is 0.149. The maximum atomic E-state index is 9.49. The van der Waals surface area contributed by atoms with Gasteiger partial charge in [-0.3, -0.25) is 0 Å². The number of aliphatic hydroxyl groups is 1. The molecule has 0 amide bonds. The summed E-state index contributed by atoms with van der Waals surface area (Å²) in [6, 6.07) is 0. The number of hydrogen-bond acceptors (Lipinski definition) is 3. The summed E-state index contributed by atoms with van der Waals surface area (Å²) in [5, 5.41) is 12.9. The normalized spacial score (nSPS) is 25.3. The average molecular weight is 256 g/mol. The smallest absolute Gasteiger partial charge is 0.0611 e. The summed E-state index contributed by atoms with van der Waals surface area (Å²) in [6.45, 7) is 15.9. The number of aliphatic hydroxyl groups excluding tert-OH is 1. The van der Waals surface area contributed by atoms with Crippen LogP contribution in [-0.4, -0.2) is 48.3 Å². The van der Waals surface area contributed by atoms with Gasteiger partial charge in [0.1, 0.15) is 0 Å². The lowest BCUT2D eigenvalue weighted by Crippen LogP contribution is -2.47. The highest BCUT2D eigenvalue weighted by molar-refractivity contribution is 4.87. The van der Waals surface area contributed by atoms with Crippen molar-refractivity contribution >= 4 is 0 Å². The number of hydrogen-bond donors (Lipinski definition) is 2. The van der Waals surface area contributed by atoms with Gasteiger partial charge in [0.15, 0.2) is 0 Å². The van der Waals surface area contributed by atoms with Crippen LogP contribution in [0.25, 0.3) is 0 Å². The van der Waals surface area contributed by atoms with Crippen LogP contribution < -0.4 is 5.32 Å². The van der Waals surface area contributed by atoms with Crippen LogP contribution in [0.2, 0.25) is 0 Å². The van der Waals surface area contributed by atoms with Crippen molar-refractivity contribution in [3.8, 4) is 0 Å².